The van der Waals surface area contributed by atoms with E-state index in [1.54, 1.807) is 6.07 Å². The number of anilines is 2. The molecule has 5 nitrogen and oxygen atoms in total. The van der Waals surface area contributed by atoms with Crippen molar-refractivity contribution in [2.75, 3.05) is 16.8 Å². The van der Waals surface area contributed by atoms with Crippen LogP contribution in [0.1, 0.15) is 29.2 Å². The van der Waals surface area contributed by atoms with Crippen molar-refractivity contribution in [2.24, 2.45) is 0 Å². The van der Waals surface area contributed by atoms with Gasteiger partial charge in [0.25, 0.3) is 11.8 Å². The molecule has 162 valence electrons. The molecule has 1 aliphatic rings. The van der Waals surface area contributed by atoms with E-state index < -0.39 is 0 Å². The van der Waals surface area contributed by atoms with Crippen molar-refractivity contribution in [2.45, 2.75) is 27.7 Å². The Kier molecular flexibility index (Phi) is 5.82. The molecular formula is C27H26N2O3. The molecule has 0 spiro atoms. The Morgan fingerprint density at radius 3 is 2.22 bits per heavy atom. The van der Waals surface area contributed by atoms with E-state index in [1.807, 2.05) is 88.4 Å². The quantitative estimate of drug-likeness (QED) is 0.536. The number of carbonyl (C=O) groups is 2. The maximum absolute atomic E-state index is 13.6. The second-order valence-electron chi connectivity index (χ2n) is 7.94. The zero-order valence-corrected chi connectivity index (χ0v) is 18.7. The van der Waals surface area contributed by atoms with Crippen LogP contribution in [0, 0.1) is 20.8 Å². The largest absolute Gasteiger partial charge is 0.494 e. The predicted molar refractivity (Wildman–Crippen MR) is 128 cm³/mol. The Labute approximate surface area is 188 Å². The van der Waals surface area contributed by atoms with Gasteiger partial charge in [0.1, 0.15) is 11.4 Å². The van der Waals surface area contributed by atoms with Crippen molar-refractivity contribution in [3.63, 3.8) is 0 Å². The molecule has 5 heteroatoms. The van der Waals surface area contributed by atoms with Crippen LogP contribution in [0.4, 0.5) is 11.4 Å². The van der Waals surface area contributed by atoms with Crippen molar-refractivity contribution in [1.82, 2.24) is 0 Å². The number of ether oxygens (including phenoxy) is 1. The minimum absolute atomic E-state index is 0.271. The van der Waals surface area contributed by atoms with Gasteiger partial charge in [-0.3, -0.25) is 9.59 Å². The van der Waals surface area contributed by atoms with Gasteiger partial charge in [-0.1, -0.05) is 42.0 Å². The summed E-state index contributed by atoms with van der Waals surface area (Å²) in [4.78, 5) is 28.3. The number of benzene rings is 3. The molecule has 3 aromatic carbocycles. The summed E-state index contributed by atoms with van der Waals surface area (Å²) in [6, 6.07) is 20.6. The molecule has 0 aromatic heterocycles. The van der Waals surface area contributed by atoms with Crippen LogP contribution >= 0.6 is 0 Å². The van der Waals surface area contributed by atoms with Crippen molar-refractivity contribution >= 4 is 28.8 Å². The maximum Gasteiger partial charge on any atom is 0.282 e. The highest BCUT2D eigenvalue weighted by molar-refractivity contribution is 6.46. The molecule has 0 bridgehead atoms. The van der Waals surface area contributed by atoms with Gasteiger partial charge in [0.2, 0.25) is 0 Å². The van der Waals surface area contributed by atoms with Gasteiger partial charge in [-0.2, -0.15) is 0 Å². The number of nitrogens with zero attached hydrogens (tertiary/aromatic N) is 1. The molecule has 1 N–H and O–H groups in total. The third kappa shape index (κ3) is 4.02. The fraction of sp³-hybridized carbons (Fsp3) is 0.185. The first-order chi connectivity index (χ1) is 15.4. The Morgan fingerprint density at radius 1 is 0.844 bits per heavy atom. The maximum atomic E-state index is 13.6. The first kappa shape index (κ1) is 21.4. The predicted octanol–water partition coefficient (Wildman–Crippen LogP) is 5.41. The topological polar surface area (TPSA) is 58.6 Å². The highest BCUT2D eigenvalue weighted by Crippen LogP contribution is 2.35. The van der Waals surface area contributed by atoms with Crippen LogP contribution in [0.25, 0.3) is 5.57 Å². The van der Waals surface area contributed by atoms with Gasteiger partial charge in [0.15, 0.2) is 0 Å². The zero-order valence-electron chi connectivity index (χ0n) is 18.7. The molecule has 2 amide bonds. The minimum atomic E-state index is -0.371. The summed E-state index contributed by atoms with van der Waals surface area (Å²) < 4.78 is 5.53. The number of hydrogen-bond acceptors (Lipinski definition) is 4. The molecule has 3 aromatic rings. The van der Waals surface area contributed by atoms with Crippen molar-refractivity contribution < 1.29 is 14.3 Å². The summed E-state index contributed by atoms with van der Waals surface area (Å²) >= 11 is 0. The summed E-state index contributed by atoms with van der Waals surface area (Å²) in [5, 5.41) is 3.26. The number of rotatable bonds is 6. The lowest BCUT2D eigenvalue weighted by molar-refractivity contribution is -0.120. The third-order valence-electron chi connectivity index (χ3n) is 5.44. The number of aryl methyl sites for hydroxylation is 3. The number of hydrogen-bond donors (Lipinski definition) is 1. The van der Waals surface area contributed by atoms with Crippen LogP contribution in [-0.2, 0) is 9.59 Å². The first-order valence-corrected chi connectivity index (χ1v) is 10.7. The van der Waals surface area contributed by atoms with E-state index >= 15 is 0 Å². The molecule has 1 aliphatic heterocycles. The fourth-order valence-corrected chi connectivity index (χ4v) is 3.89. The molecule has 32 heavy (non-hydrogen) atoms. The van der Waals surface area contributed by atoms with E-state index in [1.165, 1.54) is 4.90 Å². The van der Waals surface area contributed by atoms with Crippen LogP contribution in [0.15, 0.2) is 72.4 Å². The van der Waals surface area contributed by atoms with E-state index in [4.69, 9.17) is 4.74 Å². The molecule has 0 radical (unpaired) electrons. The number of imide groups is 1. The first-order valence-electron chi connectivity index (χ1n) is 10.7. The Bertz CT molecular complexity index is 1230. The summed E-state index contributed by atoms with van der Waals surface area (Å²) in [5.41, 5.74) is 5.73. The van der Waals surface area contributed by atoms with E-state index in [0.717, 1.165) is 22.4 Å². The van der Waals surface area contributed by atoms with Gasteiger partial charge in [-0.25, -0.2) is 4.90 Å². The molecular weight excluding hydrogens is 400 g/mol. The highest BCUT2D eigenvalue weighted by atomic mass is 16.5. The van der Waals surface area contributed by atoms with Gasteiger partial charge in [-0.05, 0) is 74.7 Å². The third-order valence-corrected chi connectivity index (χ3v) is 5.44. The smallest absolute Gasteiger partial charge is 0.282 e. The number of carbonyl (C=O) groups excluding carboxylic acids is 2. The Morgan fingerprint density at radius 2 is 1.56 bits per heavy atom. The average molecular weight is 427 g/mol. The second-order valence-corrected chi connectivity index (χ2v) is 7.94. The lowest BCUT2D eigenvalue weighted by Crippen LogP contribution is -2.32. The van der Waals surface area contributed by atoms with Crippen LogP contribution in [0.3, 0.4) is 0 Å². The lowest BCUT2D eigenvalue weighted by Gasteiger charge is -2.16. The summed E-state index contributed by atoms with van der Waals surface area (Å²) in [5.74, 6) is -0.00506. The molecule has 0 saturated carbocycles. The van der Waals surface area contributed by atoms with Crippen LogP contribution in [-0.4, -0.2) is 18.4 Å². The highest BCUT2D eigenvalue weighted by Gasteiger charge is 2.40. The molecule has 0 unspecified atom stereocenters. The Hall–Kier alpha value is -3.86. The number of nitrogens with one attached hydrogen (secondary N) is 1. The average Bonchev–Trinajstić information content (AvgIpc) is 3.00. The van der Waals surface area contributed by atoms with Gasteiger partial charge in [-0.15, -0.1) is 0 Å². The molecule has 1 heterocycles. The van der Waals surface area contributed by atoms with Gasteiger partial charge in [0.05, 0.1) is 17.9 Å². The monoisotopic (exact) mass is 426 g/mol. The van der Waals surface area contributed by atoms with Crippen LogP contribution in [0.5, 0.6) is 5.75 Å². The van der Waals surface area contributed by atoms with E-state index in [-0.39, 0.29) is 17.5 Å². The normalized spacial score (nSPS) is 13.7. The second kappa shape index (κ2) is 8.71. The number of amides is 2. The van der Waals surface area contributed by atoms with Crippen LogP contribution in [0.2, 0.25) is 0 Å². The lowest BCUT2D eigenvalue weighted by atomic mass is 10.0. The molecule has 0 fully saturated rings. The standard InChI is InChI=1S/C27H26N2O3/c1-5-32-22-12-10-20(11-13-22)24-25(28-23-14-9-18(3)15-19(23)4)27(31)29(26(24)30)21-8-6-7-17(2)16-21/h6-16,28H,5H2,1-4H3. The van der Waals surface area contributed by atoms with E-state index in [0.29, 0.717) is 29.2 Å². The van der Waals surface area contributed by atoms with E-state index in [2.05, 4.69) is 5.32 Å². The SMILES string of the molecule is CCOc1ccc(C2=C(Nc3ccc(C)cc3C)C(=O)N(c3cccc(C)c3)C2=O)cc1. The van der Waals surface area contributed by atoms with Crippen molar-refractivity contribution in [3.05, 3.63) is 94.7 Å². The van der Waals surface area contributed by atoms with E-state index in [9.17, 15) is 9.59 Å². The molecule has 0 aliphatic carbocycles. The molecule has 0 atom stereocenters. The summed E-state index contributed by atoms with van der Waals surface area (Å²) in [6.45, 7) is 8.41. The van der Waals surface area contributed by atoms with Crippen molar-refractivity contribution in [1.29, 1.82) is 0 Å². The van der Waals surface area contributed by atoms with Crippen LogP contribution < -0.4 is 15.0 Å². The van der Waals surface area contributed by atoms with Gasteiger partial charge in [0, 0.05) is 5.69 Å². The van der Waals surface area contributed by atoms with Crippen molar-refractivity contribution in [3.8, 4) is 5.75 Å². The van der Waals surface area contributed by atoms with Gasteiger partial charge >= 0.3 is 0 Å². The summed E-state index contributed by atoms with van der Waals surface area (Å²) in [6.07, 6.45) is 0. The summed E-state index contributed by atoms with van der Waals surface area (Å²) in [7, 11) is 0. The van der Waals surface area contributed by atoms with Gasteiger partial charge < -0.3 is 10.1 Å². The fourth-order valence-electron chi connectivity index (χ4n) is 3.89. The Balaban J connectivity index is 1.81. The zero-order chi connectivity index (χ0) is 22.8. The molecule has 4 rings (SSSR count). The minimum Gasteiger partial charge on any atom is -0.494 e. The molecule has 0 saturated heterocycles.